The van der Waals surface area contributed by atoms with Crippen LogP contribution in [0.25, 0.3) is 0 Å². The number of rotatable bonds is 6. The summed E-state index contributed by atoms with van der Waals surface area (Å²) in [5.41, 5.74) is 1.29. The molecule has 1 unspecified atom stereocenters. The van der Waals surface area contributed by atoms with E-state index in [0.717, 1.165) is 17.2 Å². The molecule has 3 heteroatoms. The highest BCUT2D eigenvalue weighted by Crippen LogP contribution is 2.24. The van der Waals surface area contributed by atoms with Crippen LogP contribution >= 0.6 is 11.8 Å². The number of hydrogen-bond donors (Lipinski definition) is 1. The van der Waals surface area contributed by atoms with Crippen LogP contribution in [0, 0.1) is 5.82 Å². The van der Waals surface area contributed by atoms with Gasteiger partial charge in [-0.2, -0.15) is 0 Å². The smallest absolute Gasteiger partial charge is 0.123 e. The first-order valence-electron chi connectivity index (χ1n) is 6.46. The van der Waals surface area contributed by atoms with Gasteiger partial charge < -0.3 is 5.32 Å². The molecule has 0 spiro atoms. The fourth-order valence-corrected chi connectivity index (χ4v) is 2.91. The van der Waals surface area contributed by atoms with E-state index >= 15 is 0 Å². The molecule has 0 fully saturated rings. The maximum atomic E-state index is 12.8. The molecule has 0 radical (unpaired) electrons. The summed E-state index contributed by atoms with van der Waals surface area (Å²) in [6, 6.07) is 17.4. The van der Waals surface area contributed by atoms with E-state index in [-0.39, 0.29) is 5.82 Å². The van der Waals surface area contributed by atoms with Gasteiger partial charge in [-0.3, -0.25) is 0 Å². The lowest BCUT2D eigenvalue weighted by molar-refractivity contribution is 0.606. The number of nitrogens with one attached hydrogen (secondary N) is 1. The van der Waals surface area contributed by atoms with Crippen LogP contribution in [0.1, 0.15) is 18.5 Å². The molecule has 2 aromatic carbocycles. The monoisotopic (exact) mass is 275 g/mol. The lowest BCUT2D eigenvalue weighted by atomic mass is 10.1. The van der Waals surface area contributed by atoms with Crippen molar-refractivity contribution in [3.05, 3.63) is 66.0 Å². The average Bonchev–Trinajstić information content (AvgIpc) is 2.46. The Balaban J connectivity index is 1.99. The first-order valence-corrected chi connectivity index (χ1v) is 7.45. The predicted molar refractivity (Wildman–Crippen MR) is 80.0 cm³/mol. The van der Waals surface area contributed by atoms with Gasteiger partial charge in [-0.15, -0.1) is 11.8 Å². The Morgan fingerprint density at radius 3 is 2.37 bits per heavy atom. The van der Waals surface area contributed by atoms with E-state index in [4.69, 9.17) is 0 Å². The summed E-state index contributed by atoms with van der Waals surface area (Å²) >= 11 is 1.74. The molecule has 19 heavy (non-hydrogen) atoms. The molecular formula is C16H18FNS. The molecule has 1 atom stereocenters. The summed E-state index contributed by atoms with van der Waals surface area (Å²) in [7, 11) is 0. The number of benzene rings is 2. The highest BCUT2D eigenvalue weighted by atomic mass is 32.2. The van der Waals surface area contributed by atoms with Crippen LogP contribution < -0.4 is 5.32 Å². The van der Waals surface area contributed by atoms with Crippen LogP contribution in [0.4, 0.5) is 4.39 Å². The van der Waals surface area contributed by atoms with Crippen molar-refractivity contribution in [1.82, 2.24) is 5.32 Å². The molecule has 0 bridgehead atoms. The van der Waals surface area contributed by atoms with E-state index in [1.54, 1.807) is 11.8 Å². The lowest BCUT2D eigenvalue weighted by Crippen LogP contribution is -2.22. The maximum Gasteiger partial charge on any atom is 0.123 e. The van der Waals surface area contributed by atoms with Gasteiger partial charge in [-0.05, 0) is 36.4 Å². The van der Waals surface area contributed by atoms with Crippen LogP contribution in [-0.2, 0) is 0 Å². The predicted octanol–water partition coefficient (Wildman–Crippen LogP) is 4.27. The van der Waals surface area contributed by atoms with Crippen LogP contribution in [-0.4, -0.2) is 12.3 Å². The van der Waals surface area contributed by atoms with Gasteiger partial charge in [0, 0.05) is 16.7 Å². The van der Waals surface area contributed by atoms with E-state index in [1.165, 1.54) is 17.7 Å². The van der Waals surface area contributed by atoms with E-state index < -0.39 is 0 Å². The van der Waals surface area contributed by atoms with Gasteiger partial charge in [0.1, 0.15) is 5.82 Å². The molecule has 0 aliphatic carbocycles. The van der Waals surface area contributed by atoms with Crippen LogP contribution in [0.5, 0.6) is 0 Å². The topological polar surface area (TPSA) is 12.0 Å². The third-order valence-corrected chi connectivity index (χ3v) is 3.99. The quantitative estimate of drug-likeness (QED) is 0.790. The molecule has 2 rings (SSSR count). The zero-order chi connectivity index (χ0) is 13.5. The molecule has 1 nitrogen and oxygen atoms in total. The normalized spacial score (nSPS) is 12.3. The third-order valence-electron chi connectivity index (χ3n) is 2.88. The van der Waals surface area contributed by atoms with Gasteiger partial charge in [-0.1, -0.05) is 37.3 Å². The first kappa shape index (κ1) is 14.1. The van der Waals surface area contributed by atoms with E-state index in [1.807, 2.05) is 18.2 Å². The van der Waals surface area contributed by atoms with Gasteiger partial charge in [0.25, 0.3) is 0 Å². The molecular weight excluding hydrogens is 257 g/mol. The van der Waals surface area contributed by atoms with Crippen LogP contribution in [0.2, 0.25) is 0 Å². The van der Waals surface area contributed by atoms with Crippen LogP contribution in [0.3, 0.4) is 0 Å². The minimum atomic E-state index is -0.185. The second-order valence-electron chi connectivity index (χ2n) is 4.29. The largest absolute Gasteiger partial charge is 0.309 e. The molecule has 0 aliphatic heterocycles. The molecule has 0 amide bonds. The Bertz CT molecular complexity index is 484. The molecule has 0 aliphatic rings. The van der Waals surface area contributed by atoms with Gasteiger partial charge in [0.2, 0.25) is 0 Å². The Morgan fingerprint density at radius 1 is 1.05 bits per heavy atom. The fourth-order valence-electron chi connectivity index (χ4n) is 1.92. The molecule has 0 heterocycles. The minimum absolute atomic E-state index is 0.185. The first-order chi connectivity index (χ1) is 9.29. The van der Waals surface area contributed by atoms with Crippen molar-refractivity contribution in [1.29, 1.82) is 0 Å². The standard InChI is InChI=1S/C16H18FNS/c1-2-18-16(13-6-4-3-5-7-13)12-19-15-10-8-14(17)9-11-15/h3-11,16,18H,2,12H2,1H3. The summed E-state index contributed by atoms with van der Waals surface area (Å²) < 4.78 is 12.8. The molecule has 2 aromatic rings. The summed E-state index contributed by atoms with van der Waals surface area (Å²) in [5, 5.41) is 3.49. The number of thioether (sulfide) groups is 1. The van der Waals surface area contributed by atoms with E-state index in [2.05, 4.69) is 36.5 Å². The molecule has 1 N–H and O–H groups in total. The molecule has 0 aromatic heterocycles. The Morgan fingerprint density at radius 2 is 1.74 bits per heavy atom. The highest BCUT2D eigenvalue weighted by Gasteiger charge is 2.10. The zero-order valence-electron chi connectivity index (χ0n) is 11.0. The SMILES string of the molecule is CCNC(CSc1ccc(F)cc1)c1ccccc1. The summed E-state index contributed by atoms with van der Waals surface area (Å²) in [6.45, 7) is 3.04. The van der Waals surface area contributed by atoms with Crippen molar-refractivity contribution < 1.29 is 4.39 Å². The summed E-state index contributed by atoms with van der Waals surface area (Å²) in [4.78, 5) is 1.10. The fraction of sp³-hybridized carbons (Fsp3) is 0.250. The van der Waals surface area contributed by atoms with Crippen molar-refractivity contribution in [2.75, 3.05) is 12.3 Å². The van der Waals surface area contributed by atoms with Crippen LogP contribution in [0.15, 0.2) is 59.5 Å². The lowest BCUT2D eigenvalue weighted by Gasteiger charge is -2.18. The van der Waals surface area contributed by atoms with Crippen molar-refractivity contribution >= 4 is 11.8 Å². The van der Waals surface area contributed by atoms with E-state index in [0.29, 0.717) is 6.04 Å². The summed E-state index contributed by atoms with van der Waals surface area (Å²) in [6.07, 6.45) is 0. The zero-order valence-corrected chi connectivity index (χ0v) is 11.8. The van der Waals surface area contributed by atoms with Crippen molar-refractivity contribution in [2.45, 2.75) is 17.9 Å². The van der Waals surface area contributed by atoms with E-state index in [9.17, 15) is 4.39 Å². The third kappa shape index (κ3) is 4.37. The summed E-state index contributed by atoms with van der Waals surface area (Å²) in [5.74, 6) is 0.749. The number of hydrogen-bond acceptors (Lipinski definition) is 2. The second kappa shape index (κ2) is 7.31. The Hall–Kier alpha value is -1.32. The average molecular weight is 275 g/mol. The second-order valence-corrected chi connectivity index (χ2v) is 5.38. The molecule has 100 valence electrons. The van der Waals surface area contributed by atoms with Crippen molar-refractivity contribution in [2.24, 2.45) is 0 Å². The number of halogens is 1. The van der Waals surface area contributed by atoms with Gasteiger partial charge >= 0.3 is 0 Å². The highest BCUT2D eigenvalue weighted by molar-refractivity contribution is 7.99. The molecule has 0 saturated carbocycles. The Kier molecular flexibility index (Phi) is 5.43. The van der Waals surface area contributed by atoms with Gasteiger partial charge in [-0.25, -0.2) is 4.39 Å². The Labute approximate surface area is 118 Å². The van der Waals surface area contributed by atoms with Gasteiger partial charge in [0.15, 0.2) is 0 Å². The van der Waals surface area contributed by atoms with Gasteiger partial charge in [0.05, 0.1) is 0 Å². The maximum absolute atomic E-state index is 12.8. The van der Waals surface area contributed by atoms with Crippen molar-refractivity contribution in [3.8, 4) is 0 Å². The minimum Gasteiger partial charge on any atom is -0.309 e. The van der Waals surface area contributed by atoms with Crippen molar-refractivity contribution in [3.63, 3.8) is 0 Å². The molecule has 0 saturated heterocycles.